The molecule has 0 atom stereocenters. The number of carbonyl (C=O) groups is 1. The summed E-state index contributed by atoms with van der Waals surface area (Å²) in [6.45, 7) is 9.67. The van der Waals surface area contributed by atoms with Crippen LogP contribution >= 0.6 is 11.3 Å². The second-order valence-corrected chi connectivity index (χ2v) is 11.2. The average Bonchev–Trinajstić information content (AvgIpc) is 3.17. The van der Waals surface area contributed by atoms with Crippen molar-refractivity contribution in [3.63, 3.8) is 0 Å². The Morgan fingerprint density at radius 3 is 2.36 bits per heavy atom. The fourth-order valence-electron chi connectivity index (χ4n) is 3.88. The van der Waals surface area contributed by atoms with Gasteiger partial charge in [-0.15, -0.1) is 0 Å². The minimum absolute atomic E-state index is 0.176. The molecule has 0 bridgehead atoms. The molecule has 0 unspecified atom stereocenters. The number of fused-ring (bicyclic) bond motifs is 1. The number of anilines is 1. The molecule has 0 fully saturated rings. The lowest BCUT2D eigenvalue weighted by Crippen LogP contribution is -2.19. The van der Waals surface area contributed by atoms with Crippen LogP contribution in [0.4, 0.5) is 5.69 Å². The number of sulfonamides is 1. The molecule has 1 heterocycles. The number of rotatable bonds is 8. The van der Waals surface area contributed by atoms with Crippen LogP contribution in [0.15, 0.2) is 70.6 Å². The average molecular weight is 524 g/mol. The van der Waals surface area contributed by atoms with Gasteiger partial charge in [-0.2, -0.15) is 4.99 Å². The smallest absolute Gasteiger partial charge is 0.279 e. The van der Waals surface area contributed by atoms with Crippen molar-refractivity contribution in [2.75, 3.05) is 17.9 Å². The maximum atomic E-state index is 13.0. The summed E-state index contributed by atoms with van der Waals surface area (Å²) in [6, 6.07) is 17.1. The molecule has 188 valence electrons. The first-order chi connectivity index (χ1) is 17.2. The van der Waals surface area contributed by atoms with E-state index >= 15 is 0 Å². The third kappa shape index (κ3) is 5.75. The minimum Gasteiger partial charge on any atom is -0.380 e. The number of thiazole rings is 1. The van der Waals surface area contributed by atoms with Gasteiger partial charge in [0.1, 0.15) is 0 Å². The van der Waals surface area contributed by atoms with E-state index < -0.39 is 15.9 Å². The van der Waals surface area contributed by atoms with Crippen LogP contribution in [0.5, 0.6) is 0 Å². The Bertz CT molecular complexity index is 1570. The van der Waals surface area contributed by atoms with Gasteiger partial charge in [-0.3, -0.25) is 9.52 Å². The van der Waals surface area contributed by atoms with Crippen LogP contribution in [-0.2, 0) is 21.3 Å². The van der Waals surface area contributed by atoms with Gasteiger partial charge in [-0.05, 0) is 81.3 Å². The quantitative estimate of drug-likeness (QED) is 0.321. The molecular weight excluding hydrogens is 494 g/mol. The summed E-state index contributed by atoms with van der Waals surface area (Å²) in [5.41, 5.74) is 5.03. The van der Waals surface area contributed by atoms with E-state index in [0.717, 1.165) is 26.9 Å². The number of nitrogens with one attached hydrogen (secondary N) is 1. The molecule has 0 saturated heterocycles. The molecule has 0 aliphatic rings. The number of hydrogen-bond acceptors (Lipinski definition) is 5. The summed E-state index contributed by atoms with van der Waals surface area (Å²) in [5.74, 6) is -0.394. The van der Waals surface area contributed by atoms with Crippen molar-refractivity contribution in [1.82, 2.24) is 4.57 Å². The van der Waals surface area contributed by atoms with E-state index in [9.17, 15) is 13.2 Å². The molecule has 4 aromatic rings. The van der Waals surface area contributed by atoms with Crippen LogP contribution in [0, 0.1) is 20.8 Å². The number of nitrogens with zero attached hydrogens (tertiary/aromatic N) is 2. The normalized spacial score (nSPS) is 12.3. The Labute approximate surface area is 215 Å². The third-order valence-corrected chi connectivity index (χ3v) is 8.32. The topological polar surface area (TPSA) is 89.8 Å². The lowest BCUT2D eigenvalue weighted by molar-refractivity contribution is 0.0996. The summed E-state index contributed by atoms with van der Waals surface area (Å²) >= 11 is 1.48. The zero-order chi connectivity index (χ0) is 25.9. The van der Waals surface area contributed by atoms with Gasteiger partial charge in [0.2, 0.25) is 0 Å². The SMILES string of the molecule is CCOCCn1c(=NC(=O)c2ccc(NS(=O)(=O)c3ccc(C)cc3)cc2)sc2c(C)cc(C)cc21. The van der Waals surface area contributed by atoms with Gasteiger partial charge in [-0.1, -0.05) is 35.1 Å². The molecule has 7 nitrogen and oxygen atoms in total. The Kier molecular flexibility index (Phi) is 7.73. The number of hydrogen-bond donors (Lipinski definition) is 1. The van der Waals surface area contributed by atoms with Crippen LogP contribution in [0.1, 0.15) is 34.0 Å². The zero-order valence-electron chi connectivity index (χ0n) is 20.7. The number of aryl methyl sites for hydroxylation is 3. The van der Waals surface area contributed by atoms with E-state index in [1.54, 1.807) is 48.5 Å². The van der Waals surface area contributed by atoms with E-state index in [4.69, 9.17) is 4.74 Å². The van der Waals surface area contributed by atoms with E-state index in [1.165, 1.54) is 11.3 Å². The summed E-state index contributed by atoms with van der Waals surface area (Å²) in [7, 11) is -3.72. The highest BCUT2D eigenvalue weighted by atomic mass is 32.2. The first-order valence-electron chi connectivity index (χ1n) is 11.6. The Morgan fingerprint density at radius 1 is 1.00 bits per heavy atom. The summed E-state index contributed by atoms with van der Waals surface area (Å²) < 4.78 is 36.5. The minimum atomic E-state index is -3.72. The van der Waals surface area contributed by atoms with Crippen molar-refractivity contribution in [3.8, 4) is 0 Å². The second kappa shape index (κ2) is 10.8. The standard InChI is InChI=1S/C27H29N3O4S2/c1-5-34-15-14-30-24-17-19(3)16-20(4)25(24)35-27(30)28-26(31)21-8-10-22(11-9-21)29-36(32,33)23-12-6-18(2)7-13-23/h6-13,16-17,29H,5,14-15H2,1-4H3. The van der Waals surface area contributed by atoms with Crippen LogP contribution in [0.2, 0.25) is 0 Å². The molecule has 0 radical (unpaired) electrons. The highest BCUT2D eigenvalue weighted by molar-refractivity contribution is 7.92. The number of amides is 1. The number of carbonyl (C=O) groups excluding carboxylic acids is 1. The highest BCUT2D eigenvalue weighted by Gasteiger charge is 2.15. The Balaban J connectivity index is 1.61. The zero-order valence-corrected chi connectivity index (χ0v) is 22.4. The summed E-state index contributed by atoms with van der Waals surface area (Å²) in [4.78, 5) is 18.2. The molecule has 36 heavy (non-hydrogen) atoms. The molecular formula is C27H29N3O4S2. The van der Waals surface area contributed by atoms with Crippen LogP contribution < -0.4 is 9.52 Å². The highest BCUT2D eigenvalue weighted by Crippen LogP contribution is 2.24. The first kappa shape index (κ1) is 25.8. The maximum absolute atomic E-state index is 13.0. The van der Waals surface area contributed by atoms with Gasteiger partial charge in [0, 0.05) is 24.4 Å². The predicted octanol–water partition coefficient (Wildman–Crippen LogP) is 5.21. The van der Waals surface area contributed by atoms with Crippen LogP contribution in [-0.4, -0.2) is 32.1 Å². The lowest BCUT2D eigenvalue weighted by Gasteiger charge is -2.09. The van der Waals surface area contributed by atoms with E-state index in [1.807, 2.05) is 25.3 Å². The van der Waals surface area contributed by atoms with Crippen LogP contribution in [0.25, 0.3) is 10.2 Å². The fraction of sp³-hybridized carbons (Fsp3) is 0.259. The van der Waals surface area contributed by atoms with Crippen LogP contribution in [0.3, 0.4) is 0 Å². The first-order valence-corrected chi connectivity index (χ1v) is 13.9. The van der Waals surface area contributed by atoms with Gasteiger partial charge < -0.3 is 9.30 Å². The van der Waals surface area contributed by atoms with Gasteiger partial charge >= 0.3 is 0 Å². The van der Waals surface area contributed by atoms with Crippen molar-refractivity contribution in [2.45, 2.75) is 39.1 Å². The molecule has 9 heteroatoms. The van der Waals surface area contributed by atoms with Crippen molar-refractivity contribution in [3.05, 3.63) is 87.7 Å². The number of ether oxygens (including phenoxy) is 1. The molecule has 0 aliphatic heterocycles. The van der Waals surface area contributed by atoms with Crippen molar-refractivity contribution in [2.24, 2.45) is 4.99 Å². The molecule has 0 aliphatic carbocycles. The predicted molar refractivity (Wildman–Crippen MR) is 144 cm³/mol. The van der Waals surface area contributed by atoms with Gasteiger partial charge in [0.05, 0.1) is 21.7 Å². The molecule has 3 aromatic carbocycles. The Hall–Kier alpha value is -3.27. The number of aromatic nitrogens is 1. The lowest BCUT2D eigenvalue weighted by atomic mass is 10.1. The van der Waals surface area contributed by atoms with Crippen molar-refractivity contribution in [1.29, 1.82) is 0 Å². The Morgan fingerprint density at radius 2 is 1.69 bits per heavy atom. The van der Waals surface area contributed by atoms with Gasteiger partial charge in [-0.25, -0.2) is 8.42 Å². The summed E-state index contributed by atoms with van der Waals surface area (Å²) in [6.07, 6.45) is 0. The van der Waals surface area contributed by atoms with Crippen molar-refractivity contribution >= 4 is 43.2 Å². The largest absolute Gasteiger partial charge is 0.380 e. The fourth-order valence-corrected chi connectivity index (χ4v) is 6.04. The molecule has 1 N–H and O–H groups in total. The second-order valence-electron chi connectivity index (χ2n) is 8.58. The van der Waals surface area contributed by atoms with Crippen molar-refractivity contribution < 1.29 is 17.9 Å². The van der Waals surface area contributed by atoms with E-state index in [2.05, 4.69) is 28.8 Å². The monoisotopic (exact) mass is 523 g/mol. The summed E-state index contributed by atoms with van der Waals surface area (Å²) in [5, 5.41) is 0. The molecule has 1 amide bonds. The number of benzene rings is 3. The maximum Gasteiger partial charge on any atom is 0.279 e. The molecule has 1 aromatic heterocycles. The van der Waals surface area contributed by atoms with E-state index in [0.29, 0.717) is 35.8 Å². The molecule has 4 rings (SSSR count). The molecule has 0 saturated carbocycles. The third-order valence-electron chi connectivity index (χ3n) is 5.69. The van der Waals surface area contributed by atoms with E-state index in [-0.39, 0.29) is 4.90 Å². The van der Waals surface area contributed by atoms with Gasteiger partial charge in [0.25, 0.3) is 15.9 Å². The van der Waals surface area contributed by atoms with Gasteiger partial charge in [0.15, 0.2) is 4.80 Å². The molecule has 0 spiro atoms.